The van der Waals surface area contributed by atoms with Gasteiger partial charge in [0.15, 0.2) is 11.7 Å². The fraction of sp³-hybridized carbons (Fsp3) is 0. The van der Waals surface area contributed by atoms with Crippen LogP contribution in [0, 0.1) is 0 Å². The van der Waals surface area contributed by atoms with Crippen LogP contribution in [-0.2, 0) is 20.2 Å². The number of benzene rings is 4. The molecule has 54 heavy (non-hydrogen) atoms. The van der Waals surface area contributed by atoms with Crippen molar-refractivity contribution in [2.75, 3.05) is 21.5 Å². The molecule has 0 aliphatic carbocycles. The summed E-state index contributed by atoms with van der Waals surface area (Å²) in [6.45, 7) is 0. The van der Waals surface area contributed by atoms with Gasteiger partial charge in [-0.2, -0.15) is 0 Å². The Kier molecular flexibility index (Phi) is 14.0. The van der Waals surface area contributed by atoms with Crippen molar-refractivity contribution in [3.8, 4) is 0 Å². The van der Waals surface area contributed by atoms with Crippen LogP contribution in [0.5, 0.6) is 0 Å². The van der Waals surface area contributed by atoms with E-state index in [-0.39, 0.29) is 105 Å². The average molecular weight is 791 g/mol. The molecule has 2 aliphatic heterocycles. The summed E-state index contributed by atoms with van der Waals surface area (Å²) in [4.78, 5) is -1.35. The number of anilines is 4. The monoisotopic (exact) mass is 790 g/mol. The quantitative estimate of drug-likeness (QED) is 0.0474. The van der Waals surface area contributed by atoms with Gasteiger partial charge in [0.25, 0.3) is 0 Å². The number of hydrazine groups is 4. The van der Waals surface area contributed by atoms with Gasteiger partial charge in [0.05, 0.1) is 21.2 Å². The number of amidine groups is 2. The molecule has 0 unspecified atom stereocenters. The Labute approximate surface area is 354 Å². The molecule has 18 nitrogen and oxygen atoms in total. The Morgan fingerprint density at radius 3 is 1.30 bits per heavy atom. The normalized spacial score (nSPS) is 14.1. The molecule has 2 heterocycles. The number of hydrazone groups is 2. The SMILES string of the molecule is O=S(=O)([O-])c1cc(NN2N=C(Nc3ccccc3)C=C(O)N2)ccc1/C=C/c1ccc(NN2N=C(Nc3ccccc3)C=C(O)N2)cc1S(=O)(=O)[O-].[Na+].[Na+]. The van der Waals surface area contributed by atoms with Crippen LogP contribution in [0.15, 0.2) is 141 Å². The minimum atomic E-state index is -5.09. The zero-order valence-corrected chi connectivity index (χ0v) is 34.1. The summed E-state index contributed by atoms with van der Waals surface area (Å²) in [7, 11) is -10.2. The molecule has 0 amide bonds. The van der Waals surface area contributed by atoms with Crippen molar-refractivity contribution in [3.63, 3.8) is 0 Å². The van der Waals surface area contributed by atoms with Gasteiger partial charge in [-0.3, -0.25) is 10.9 Å². The van der Waals surface area contributed by atoms with Crippen LogP contribution in [0.4, 0.5) is 22.7 Å². The molecule has 6 rings (SSSR count). The van der Waals surface area contributed by atoms with Gasteiger partial charge in [0.2, 0.25) is 11.8 Å². The fourth-order valence-electron chi connectivity index (χ4n) is 4.77. The Morgan fingerprint density at radius 1 is 0.574 bits per heavy atom. The summed E-state index contributed by atoms with van der Waals surface area (Å²) in [5, 5.41) is 36.7. The second kappa shape index (κ2) is 18.1. The van der Waals surface area contributed by atoms with Crippen LogP contribution >= 0.6 is 0 Å². The number of hydrogen-bond donors (Lipinski definition) is 8. The largest absolute Gasteiger partial charge is 1.00 e. The van der Waals surface area contributed by atoms with E-state index in [1.54, 1.807) is 48.5 Å². The van der Waals surface area contributed by atoms with Crippen LogP contribution in [-0.4, -0.2) is 58.3 Å². The summed E-state index contributed by atoms with van der Waals surface area (Å²) < 4.78 is 73.7. The van der Waals surface area contributed by atoms with Crippen LogP contribution < -0.4 is 91.5 Å². The second-order valence-corrected chi connectivity index (χ2v) is 13.5. The summed E-state index contributed by atoms with van der Waals surface area (Å²) >= 11 is 0. The first kappa shape index (κ1) is 42.0. The molecule has 0 spiro atoms. The van der Waals surface area contributed by atoms with Crippen molar-refractivity contribution in [2.24, 2.45) is 10.2 Å². The van der Waals surface area contributed by atoms with Crippen LogP contribution in [0.25, 0.3) is 12.2 Å². The van der Waals surface area contributed by atoms with E-state index in [0.29, 0.717) is 11.4 Å². The van der Waals surface area contributed by atoms with Gasteiger partial charge < -0.3 is 30.0 Å². The molecule has 0 saturated heterocycles. The van der Waals surface area contributed by atoms with Gasteiger partial charge in [-0.1, -0.05) is 60.7 Å². The molecule has 2 aliphatic rings. The number of aliphatic hydroxyl groups is 2. The molecule has 4 aromatic carbocycles. The predicted molar refractivity (Wildman–Crippen MR) is 191 cm³/mol. The molecular weight excluding hydrogens is 763 g/mol. The number of nitrogens with zero attached hydrogens (tertiary/aromatic N) is 4. The first-order valence-electron chi connectivity index (χ1n) is 15.0. The van der Waals surface area contributed by atoms with E-state index in [0.717, 1.165) is 22.6 Å². The fourth-order valence-corrected chi connectivity index (χ4v) is 6.16. The molecular formula is C32H28N10Na2O8S2. The maximum atomic E-state index is 12.3. The molecule has 0 bridgehead atoms. The topological polar surface area (TPSA) is 258 Å². The van der Waals surface area contributed by atoms with E-state index in [1.807, 2.05) is 12.1 Å². The number of nitrogens with one attached hydrogen (secondary N) is 6. The molecule has 0 saturated carbocycles. The summed E-state index contributed by atoms with van der Waals surface area (Å²) in [5.41, 5.74) is 11.7. The number of aliphatic hydroxyl groups excluding tert-OH is 2. The number of para-hydroxylation sites is 2. The molecule has 0 aromatic heterocycles. The maximum absolute atomic E-state index is 12.3. The van der Waals surface area contributed by atoms with E-state index in [1.165, 1.54) is 48.6 Å². The van der Waals surface area contributed by atoms with E-state index in [2.05, 4.69) is 42.5 Å². The average Bonchev–Trinajstić information content (AvgIpc) is 3.07. The van der Waals surface area contributed by atoms with Crippen LogP contribution in [0.2, 0.25) is 0 Å². The third-order valence-electron chi connectivity index (χ3n) is 6.97. The minimum absolute atomic E-state index is 0. The van der Waals surface area contributed by atoms with E-state index >= 15 is 0 Å². The first-order valence-corrected chi connectivity index (χ1v) is 17.8. The third kappa shape index (κ3) is 11.4. The third-order valence-corrected chi connectivity index (χ3v) is 8.76. The summed E-state index contributed by atoms with van der Waals surface area (Å²) in [5.74, 6) is -0.170. The van der Waals surface area contributed by atoms with Gasteiger partial charge in [0.1, 0.15) is 20.2 Å². The van der Waals surface area contributed by atoms with Crippen molar-refractivity contribution in [1.29, 1.82) is 0 Å². The van der Waals surface area contributed by atoms with Gasteiger partial charge in [-0.25, -0.2) is 27.7 Å². The molecule has 4 aromatic rings. The molecule has 268 valence electrons. The number of rotatable bonds is 10. The van der Waals surface area contributed by atoms with Crippen molar-refractivity contribution in [3.05, 3.63) is 132 Å². The van der Waals surface area contributed by atoms with E-state index < -0.39 is 30.0 Å². The van der Waals surface area contributed by atoms with Crippen LogP contribution in [0.3, 0.4) is 0 Å². The van der Waals surface area contributed by atoms with Crippen molar-refractivity contribution < 1.29 is 95.3 Å². The summed E-state index contributed by atoms with van der Waals surface area (Å²) in [6, 6.07) is 25.3. The van der Waals surface area contributed by atoms with Gasteiger partial charge in [0, 0.05) is 23.5 Å². The number of hydrogen-bond acceptors (Lipinski definition) is 18. The standard InChI is InChI=1S/C32H30N10O8S2.2Na/c43-31-19-29(33-23-7-3-1-4-8-23)37-41(39-31)35-25-15-13-21(27(17-25)51(45,46)47)11-12-22-14-16-26(18-28(22)52(48,49)50)36-42-38-30(20-32(44)40-42)34-24-9-5-2-6-10-24;;/h1-20,35-36,39-40,43-44H,(H,33,37)(H,34,38)(H,45,46,47)(H,48,49,50);;/q;2*+1/p-2/b12-11+;;. The van der Waals surface area contributed by atoms with Crippen molar-refractivity contribution in [1.82, 2.24) is 21.3 Å². The Bertz CT molecular complexity index is 2200. The van der Waals surface area contributed by atoms with Gasteiger partial charge >= 0.3 is 59.1 Å². The Hall–Kier alpha value is -4.74. The maximum Gasteiger partial charge on any atom is 1.00 e. The second-order valence-electron chi connectivity index (χ2n) is 10.8. The van der Waals surface area contributed by atoms with Crippen molar-refractivity contribution in [2.45, 2.75) is 9.79 Å². The van der Waals surface area contributed by atoms with Crippen molar-refractivity contribution >= 4 is 66.8 Å². The Morgan fingerprint density at radius 2 is 0.944 bits per heavy atom. The van der Waals surface area contributed by atoms with E-state index in [9.17, 15) is 36.2 Å². The first-order chi connectivity index (χ1) is 24.8. The van der Waals surface area contributed by atoms with Gasteiger partial charge in [-0.15, -0.1) is 20.7 Å². The smallest absolute Gasteiger partial charge is 0.744 e. The molecule has 0 fully saturated rings. The molecule has 8 N–H and O–H groups in total. The molecule has 22 heteroatoms. The molecule has 0 atom stereocenters. The minimum Gasteiger partial charge on any atom is -0.744 e. The predicted octanol–water partition coefficient (Wildman–Crippen LogP) is -2.38. The molecule has 0 radical (unpaired) electrons. The zero-order chi connectivity index (χ0) is 36.9. The van der Waals surface area contributed by atoms with Crippen LogP contribution in [0.1, 0.15) is 11.1 Å². The van der Waals surface area contributed by atoms with E-state index in [4.69, 9.17) is 0 Å². The summed E-state index contributed by atoms with van der Waals surface area (Å²) in [6.07, 6.45) is 4.96. The zero-order valence-electron chi connectivity index (χ0n) is 28.5. The Balaban J connectivity index is 0.00000325. The van der Waals surface area contributed by atoms with Gasteiger partial charge in [-0.05, 0) is 59.7 Å².